The van der Waals surface area contributed by atoms with E-state index in [9.17, 15) is 18.8 Å². The van der Waals surface area contributed by atoms with Gasteiger partial charge in [-0.3, -0.25) is 9.59 Å². The first-order valence-electron chi connectivity index (χ1n) is 16.3. The largest absolute Gasteiger partial charge is 0.461 e. The van der Waals surface area contributed by atoms with Gasteiger partial charge in [-0.1, -0.05) is 36.4 Å². The number of aryl methyl sites for hydroxylation is 1. The minimum Gasteiger partial charge on any atom is -0.461 e. The molecule has 9 heteroatoms. The van der Waals surface area contributed by atoms with Gasteiger partial charge in [-0.15, -0.1) is 0 Å². The molecule has 2 aliphatic rings. The lowest BCUT2D eigenvalue weighted by atomic mass is 9.78. The second-order valence-electron chi connectivity index (χ2n) is 12.5. The van der Waals surface area contributed by atoms with Gasteiger partial charge in [0.2, 0.25) is 5.91 Å². The third kappa shape index (κ3) is 7.47. The van der Waals surface area contributed by atoms with Crippen LogP contribution in [0.1, 0.15) is 73.0 Å². The van der Waals surface area contributed by atoms with E-state index in [2.05, 4.69) is 0 Å². The Bertz CT molecular complexity index is 1470. The first-order valence-corrected chi connectivity index (χ1v) is 16.3. The predicted octanol–water partition coefficient (Wildman–Crippen LogP) is 5.36. The molecule has 2 aromatic carbocycles. The number of hydrogen-bond acceptors (Lipinski definition) is 6. The number of esters is 1. The first kappa shape index (κ1) is 32.8. The minimum atomic E-state index is -0.556. The average molecular weight is 620 g/mol. The highest BCUT2D eigenvalue weighted by molar-refractivity contribution is 5.97. The number of aromatic nitrogens is 1. The number of hydrogen-bond donors (Lipinski definition) is 1. The van der Waals surface area contributed by atoms with Crippen molar-refractivity contribution in [3.8, 4) is 0 Å². The van der Waals surface area contributed by atoms with Crippen molar-refractivity contribution < 1.29 is 28.2 Å². The number of ether oxygens (including phenoxy) is 2. The molecule has 1 aliphatic carbocycles. The summed E-state index contributed by atoms with van der Waals surface area (Å²) in [6, 6.07) is 16.6. The van der Waals surface area contributed by atoms with Gasteiger partial charge in [0, 0.05) is 68.4 Å². The molecule has 1 amide bonds. The molecule has 0 bridgehead atoms. The van der Waals surface area contributed by atoms with Crippen LogP contribution < -0.4 is 5.73 Å². The van der Waals surface area contributed by atoms with E-state index >= 15 is 0 Å². The van der Waals surface area contributed by atoms with Gasteiger partial charge in [-0.05, 0) is 74.3 Å². The number of ketones is 1. The number of nitrogens with zero attached hydrogens (tertiary/aromatic N) is 2. The number of halogens is 1. The highest BCUT2D eigenvalue weighted by atomic mass is 19.1. The molecule has 0 radical (unpaired) electrons. The molecular formula is C36H46FN3O5. The van der Waals surface area contributed by atoms with Crippen molar-refractivity contribution in [2.24, 2.45) is 24.6 Å². The zero-order valence-corrected chi connectivity index (χ0v) is 26.5. The van der Waals surface area contributed by atoms with Gasteiger partial charge in [0.1, 0.15) is 12.4 Å². The van der Waals surface area contributed by atoms with Crippen molar-refractivity contribution in [3.05, 3.63) is 71.4 Å². The van der Waals surface area contributed by atoms with E-state index in [0.29, 0.717) is 44.7 Å². The summed E-state index contributed by atoms with van der Waals surface area (Å²) in [4.78, 5) is 42.6. The minimum absolute atomic E-state index is 0.00653. The predicted molar refractivity (Wildman–Crippen MR) is 172 cm³/mol. The molecule has 0 spiro atoms. The number of amides is 1. The van der Waals surface area contributed by atoms with Crippen LogP contribution >= 0.6 is 0 Å². The molecule has 8 nitrogen and oxygen atoms in total. The monoisotopic (exact) mass is 619 g/mol. The van der Waals surface area contributed by atoms with Crippen LogP contribution in [0, 0.1) is 11.8 Å². The van der Waals surface area contributed by atoms with E-state index in [1.54, 1.807) is 6.07 Å². The standard InChI is InChI=1S/C36H46FN3O5/c1-3-44-18-7-19-45-36(43)32-22-28-20-24(10-15-31(28)39(32)2)21-33(41)34-29(25-8-5-4-6-9-25)16-17-40(34)35(42)27-13-11-26(12-14-27)30(38)23-37/h4-6,8-10,15,20,22,26-27,29-30,34H,3,7,11-14,16-19,21,23,38H2,1-2H3/t26?,27?,29-,30+,34-/m0/s1. The van der Waals surface area contributed by atoms with Gasteiger partial charge < -0.3 is 24.7 Å². The fourth-order valence-electron chi connectivity index (χ4n) is 7.20. The molecule has 1 aliphatic heterocycles. The highest BCUT2D eigenvalue weighted by Crippen LogP contribution is 2.38. The van der Waals surface area contributed by atoms with Gasteiger partial charge >= 0.3 is 5.97 Å². The summed E-state index contributed by atoms with van der Waals surface area (Å²) >= 11 is 0. The smallest absolute Gasteiger partial charge is 0.354 e. The molecule has 3 aromatic rings. The molecule has 1 saturated heterocycles. The number of alkyl halides is 1. The van der Waals surface area contributed by atoms with Gasteiger partial charge in [-0.25, -0.2) is 9.18 Å². The lowest BCUT2D eigenvalue weighted by molar-refractivity contribution is -0.142. The van der Waals surface area contributed by atoms with E-state index in [-0.39, 0.29) is 42.5 Å². The number of Topliss-reactive ketones (excluding diaryl/α,β-unsaturated/α-hetero) is 1. The first-order chi connectivity index (χ1) is 21.8. The third-order valence-electron chi connectivity index (χ3n) is 9.71. The number of benzene rings is 2. The number of rotatable bonds is 13. The fraction of sp³-hybridized carbons (Fsp3) is 0.528. The van der Waals surface area contributed by atoms with E-state index in [4.69, 9.17) is 15.2 Å². The van der Waals surface area contributed by atoms with Crippen LogP contribution in [0.5, 0.6) is 0 Å². The molecule has 1 aromatic heterocycles. The topological polar surface area (TPSA) is 104 Å². The van der Waals surface area contributed by atoms with Gasteiger partial charge in [0.05, 0.1) is 12.6 Å². The normalized spacial score (nSPS) is 22.4. The summed E-state index contributed by atoms with van der Waals surface area (Å²) in [5.41, 5.74) is 9.17. The molecule has 1 saturated carbocycles. The second-order valence-corrected chi connectivity index (χ2v) is 12.5. The quantitative estimate of drug-likeness (QED) is 0.204. The summed E-state index contributed by atoms with van der Waals surface area (Å²) in [6.07, 6.45) is 4.35. The van der Waals surface area contributed by atoms with E-state index < -0.39 is 24.7 Å². The Morgan fingerprint density at radius 2 is 1.76 bits per heavy atom. The molecule has 45 heavy (non-hydrogen) atoms. The summed E-state index contributed by atoms with van der Waals surface area (Å²) in [6.45, 7) is 3.37. The maximum atomic E-state index is 14.1. The van der Waals surface area contributed by atoms with E-state index in [0.717, 1.165) is 41.3 Å². The SMILES string of the molecule is CCOCCCOC(=O)c1cc2cc(CC(=O)[C@@H]3[C@H](c4ccccc4)CCN3C(=O)C3CCC([C@H](N)CF)CC3)ccc2n1C. The zero-order valence-electron chi connectivity index (χ0n) is 26.5. The molecule has 242 valence electrons. The lowest BCUT2D eigenvalue weighted by Crippen LogP contribution is -2.47. The van der Waals surface area contributed by atoms with Crippen molar-refractivity contribution in [2.75, 3.05) is 33.0 Å². The van der Waals surface area contributed by atoms with E-state index in [1.807, 2.05) is 72.0 Å². The number of nitrogens with two attached hydrogens (primary N) is 1. The molecule has 5 rings (SSSR count). The molecule has 2 heterocycles. The van der Waals surface area contributed by atoms with Crippen LogP contribution in [0.2, 0.25) is 0 Å². The number of carbonyl (C=O) groups excluding carboxylic acids is 3. The summed E-state index contributed by atoms with van der Waals surface area (Å²) < 4.78 is 25.7. The van der Waals surface area contributed by atoms with Gasteiger partial charge in [0.15, 0.2) is 5.78 Å². The number of likely N-dealkylation sites (tertiary alicyclic amines) is 1. The molecule has 3 atom stereocenters. The van der Waals surface area contributed by atoms with Crippen LogP contribution in [0.3, 0.4) is 0 Å². The Labute approximate surface area is 265 Å². The Balaban J connectivity index is 1.32. The Morgan fingerprint density at radius 1 is 1.00 bits per heavy atom. The molecule has 2 fully saturated rings. The second kappa shape index (κ2) is 15.1. The summed E-state index contributed by atoms with van der Waals surface area (Å²) in [5.74, 6) is -0.509. The van der Waals surface area contributed by atoms with Crippen molar-refractivity contribution in [2.45, 2.75) is 69.9 Å². The van der Waals surface area contributed by atoms with Crippen molar-refractivity contribution in [1.82, 2.24) is 9.47 Å². The molecule has 0 unspecified atom stereocenters. The van der Waals surface area contributed by atoms with Gasteiger partial charge in [-0.2, -0.15) is 0 Å². The third-order valence-corrected chi connectivity index (χ3v) is 9.71. The fourth-order valence-corrected chi connectivity index (χ4v) is 7.20. The number of carbonyl (C=O) groups is 3. The van der Waals surface area contributed by atoms with Crippen molar-refractivity contribution >= 4 is 28.6 Å². The zero-order chi connectivity index (χ0) is 31.9. The maximum Gasteiger partial charge on any atom is 0.354 e. The van der Waals surface area contributed by atoms with Gasteiger partial charge in [0.25, 0.3) is 0 Å². The average Bonchev–Trinajstić information content (AvgIpc) is 3.66. The van der Waals surface area contributed by atoms with Crippen LogP contribution in [-0.4, -0.2) is 72.3 Å². The van der Waals surface area contributed by atoms with E-state index in [1.165, 1.54) is 0 Å². The Morgan fingerprint density at radius 3 is 2.47 bits per heavy atom. The summed E-state index contributed by atoms with van der Waals surface area (Å²) in [7, 11) is 1.83. The molecule has 2 N–H and O–H groups in total. The van der Waals surface area contributed by atoms with Crippen LogP contribution in [0.15, 0.2) is 54.6 Å². The van der Waals surface area contributed by atoms with Crippen molar-refractivity contribution in [3.63, 3.8) is 0 Å². The Kier molecular flexibility index (Phi) is 11.0. The summed E-state index contributed by atoms with van der Waals surface area (Å²) in [5, 5.41) is 0.853. The van der Waals surface area contributed by atoms with Crippen molar-refractivity contribution in [1.29, 1.82) is 0 Å². The Hall–Kier alpha value is -3.56. The van der Waals surface area contributed by atoms with Crippen LogP contribution in [-0.2, 0) is 32.5 Å². The number of fused-ring (bicyclic) bond motifs is 1. The molecular weight excluding hydrogens is 573 g/mol. The highest BCUT2D eigenvalue weighted by Gasteiger charge is 2.44. The van der Waals surface area contributed by atoms with Crippen LogP contribution in [0.4, 0.5) is 4.39 Å². The lowest BCUT2D eigenvalue weighted by Gasteiger charge is -2.35. The van der Waals surface area contributed by atoms with Crippen LogP contribution in [0.25, 0.3) is 10.9 Å². The maximum absolute atomic E-state index is 14.1.